The summed E-state index contributed by atoms with van der Waals surface area (Å²) < 4.78 is 0. The van der Waals surface area contributed by atoms with Crippen molar-refractivity contribution in [3.63, 3.8) is 0 Å². The minimum Gasteiger partial charge on any atom is -0.396 e. The summed E-state index contributed by atoms with van der Waals surface area (Å²) >= 11 is 0. The molecule has 0 N–H and O–H groups in total. The molecular formula is C12H24CoN2O2. The molecule has 0 aliphatic carbocycles. The fourth-order valence-corrected chi connectivity index (χ4v) is 0.835. The van der Waals surface area contributed by atoms with E-state index in [0.717, 1.165) is 37.1 Å². The van der Waals surface area contributed by atoms with Crippen LogP contribution in [0.2, 0.25) is 0 Å². The molecule has 103 valence electrons. The Balaban J connectivity index is 0. The third-order valence-electron chi connectivity index (χ3n) is 2.10. The van der Waals surface area contributed by atoms with Crippen molar-refractivity contribution in [2.24, 2.45) is 10.3 Å². The van der Waals surface area contributed by atoms with Crippen molar-refractivity contribution in [3.8, 4) is 0 Å². The van der Waals surface area contributed by atoms with Gasteiger partial charge >= 0.3 is 0 Å². The summed E-state index contributed by atoms with van der Waals surface area (Å²) in [7, 11) is 0. The summed E-state index contributed by atoms with van der Waals surface area (Å²) in [6.07, 6.45) is 4.28. The Hall–Kier alpha value is -0.554. The molecule has 0 saturated heterocycles. The van der Waals surface area contributed by atoms with E-state index in [4.69, 9.17) is 9.68 Å². The zero-order valence-electron chi connectivity index (χ0n) is 11.3. The minimum atomic E-state index is 0. The van der Waals surface area contributed by atoms with Crippen LogP contribution in [-0.4, -0.2) is 24.6 Å². The third-order valence-corrected chi connectivity index (χ3v) is 2.10. The van der Waals surface area contributed by atoms with Crippen molar-refractivity contribution in [1.82, 2.24) is 0 Å². The third kappa shape index (κ3) is 11.7. The molecule has 0 amide bonds. The molecule has 0 aliphatic heterocycles. The summed E-state index contributed by atoms with van der Waals surface area (Å²) in [4.78, 5) is 10.3. The van der Waals surface area contributed by atoms with Crippen molar-refractivity contribution in [2.75, 3.05) is 13.2 Å². The van der Waals surface area contributed by atoms with Gasteiger partial charge in [0, 0.05) is 16.8 Å². The summed E-state index contributed by atoms with van der Waals surface area (Å²) in [6, 6.07) is 0. The Kier molecular flexibility index (Phi) is 14.9. The number of hydrogen-bond acceptors (Lipinski definition) is 4. The standard InChI is InChI=1S/C12H24N2O2.Co/c1-5-7-9-15-13-11(3)12(4)14-16-10-8-6-2;/h5-10H2,1-4H3;/b13-11+,14-12+;. The Morgan fingerprint density at radius 1 is 0.824 bits per heavy atom. The summed E-state index contributed by atoms with van der Waals surface area (Å²) in [5.74, 6) is 0. The van der Waals surface area contributed by atoms with Crippen LogP contribution in [0.3, 0.4) is 0 Å². The zero-order valence-corrected chi connectivity index (χ0v) is 12.3. The van der Waals surface area contributed by atoms with Crippen molar-refractivity contribution in [3.05, 3.63) is 0 Å². The van der Waals surface area contributed by atoms with Gasteiger partial charge in [0.2, 0.25) is 0 Å². The molecule has 0 bridgehead atoms. The zero-order chi connectivity index (χ0) is 12.2. The van der Waals surface area contributed by atoms with E-state index in [1.165, 1.54) is 0 Å². The van der Waals surface area contributed by atoms with Gasteiger partial charge in [0.1, 0.15) is 24.6 Å². The number of nitrogens with zero attached hydrogens (tertiary/aromatic N) is 2. The van der Waals surface area contributed by atoms with Crippen LogP contribution in [0, 0.1) is 0 Å². The van der Waals surface area contributed by atoms with E-state index < -0.39 is 0 Å². The first-order chi connectivity index (χ1) is 7.72. The number of hydrogen-bond donors (Lipinski definition) is 0. The van der Waals surface area contributed by atoms with E-state index in [-0.39, 0.29) is 16.8 Å². The van der Waals surface area contributed by atoms with Gasteiger partial charge in [0.15, 0.2) is 0 Å². The molecule has 0 atom stereocenters. The molecule has 17 heavy (non-hydrogen) atoms. The summed E-state index contributed by atoms with van der Waals surface area (Å²) in [5.41, 5.74) is 1.54. The SMILES string of the molecule is CCCCO/N=C(C)/C(C)=N/OCCCC.[Co]. The monoisotopic (exact) mass is 287 g/mol. The van der Waals surface area contributed by atoms with Crippen LogP contribution in [0.4, 0.5) is 0 Å². The molecule has 4 nitrogen and oxygen atoms in total. The van der Waals surface area contributed by atoms with Gasteiger partial charge in [-0.15, -0.1) is 0 Å². The Bertz CT molecular complexity index is 207. The average molecular weight is 287 g/mol. The molecule has 1 radical (unpaired) electrons. The van der Waals surface area contributed by atoms with Crippen LogP contribution in [-0.2, 0) is 26.5 Å². The normalized spacial score (nSPS) is 12.0. The predicted octanol–water partition coefficient (Wildman–Crippen LogP) is 3.37. The first-order valence-corrected chi connectivity index (χ1v) is 6.05. The molecule has 0 aromatic rings. The molecular weight excluding hydrogens is 263 g/mol. The van der Waals surface area contributed by atoms with Crippen molar-refractivity contribution >= 4 is 11.4 Å². The van der Waals surface area contributed by atoms with E-state index >= 15 is 0 Å². The maximum absolute atomic E-state index is 5.14. The van der Waals surface area contributed by atoms with E-state index in [1.807, 2.05) is 13.8 Å². The van der Waals surface area contributed by atoms with Crippen LogP contribution >= 0.6 is 0 Å². The smallest absolute Gasteiger partial charge is 0.117 e. The number of oxime groups is 2. The van der Waals surface area contributed by atoms with Crippen LogP contribution in [0.5, 0.6) is 0 Å². The van der Waals surface area contributed by atoms with Gasteiger partial charge < -0.3 is 9.68 Å². The van der Waals surface area contributed by atoms with Crippen LogP contribution in [0.15, 0.2) is 10.3 Å². The van der Waals surface area contributed by atoms with Crippen LogP contribution in [0.25, 0.3) is 0 Å². The second kappa shape index (κ2) is 13.5. The van der Waals surface area contributed by atoms with E-state index in [9.17, 15) is 0 Å². The number of unbranched alkanes of at least 4 members (excludes halogenated alkanes) is 2. The Morgan fingerprint density at radius 3 is 1.47 bits per heavy atom. The number of rotatable bonds is 9. The van der Waals surface area contributed by atoms with Gasteiger partial charge in [-0.2, -0.15) is 0 Å². The van der Waals surface area contributed by atoms with E-state index in [2.05, 4.69) is 24.2 Å². The van der Waals surface area contributed by atoms with E-state index in [0.29, 0.717) is 13.2 Å². The summed E-state index contributed by atoms with van der Waals surface area (Å²) in [6.45, 7) is 9.31. The van der Waals surface area contributed by atoms with Crippen molar-refractivity contribution in [1.29, 1.82) is 0 Å². The fraction of sp³-hybridized carbons (Fsp3) is 0.833. The topological polar surface area (TPSA) is 43.2 Å². The molecule has 0 fully saturated rings. The largest absolute Gasteiger partial charge is 0.396 e. The summed E-state index contributed by atoms with van der Waals surface area (Å²) in [5, 5.41) is 7.93. The first-order valence-electron chi connectivity index (χ1n) is 6.05. The van der Waals surface area contributed by atoms with Crippen molar-refractivity contribution in [2.45, 2.75) is 53.4 Å². The molecule has 0 saturated carbocycles. The second-order valence-electron chi connectivity index (χ2n) is 3.73. The molecule has 0 heterocycles. The predicted molar refractivity (Wildman–Crippen MR) is 67.9 cm³/mol. The van der Waals surface area contributed by atoms with Crippen LogP contribution in [0.1, 0.15) is 53.4 Å². The van der Waals surface area contributed by atoms with E-state index in [1.54, 1.807) is 0 Å². The van der Waals surface area contributed by atoms with Gasteiger partial charge in [0.05, 0.1) is 0 Å². The molecule has 0 aromatic heterocycles. The second-order valence-corrected chi connectivity index (χ2v) is 3.73. The molecule has 5 heteroatoms. The molecule has 0 aliphatic rings. The Labute approximate surface area is 115 Å². The molecule has 0 rings (SSSR count). The average Bonchev–Trinajstić information content (AvgIpc) is 2.29. The van der Waals surface area contributed by atoms with Gasteiger partial charge in [-0.3, -0.25) is 0 Å². The molecule has 0 aromatic carbocycles. The maximum atomic E-state index is 5.14. The molecule has 0 unspecified atom stereocenters. The van der Waals surface area contributed by atoms with Crippen molar-refractivity contribution < 1.29 is 26.5 Å². The van der Waals surface area contributed by atoms with Gasteiger partial charge in [-0.05, 0) is 26.7 Å². The van der Waals surface area contributed by atoms with Gasteiger partial charge in [-0.25, -0.2) is 0 Å². The fourth-order valence-electron chi connectivity index (χ4n) is 0.835. The van der Waals surface area contributed by atoms with Crippen LogP contribution < -0.4 is 0 Å². The quantitative estimate of drug-likeness (QED) is 0.371. The van der Waals surface area contributed by atoms with Gasteiger partial charge in [-0.1, -0.05) is 37.0 Å². The molecule has 0 spiro atoms. The maximum Gasteiger partial charge on any atom is 0.117 e. The van der Waals surface area contributed by atoms with Gasteiger partial charge in [0.25, 0.3) is 0 Å². The Morgan fingerprint density at radius 2 is 1.18 bits per heavy atom. The minimum absolute atomic E-state index is 0. The first kappa shape index (κ1) is 18.8.